The van der Waals surface area contributed by atoms with Gasteiger partial charge in [0.05, 0.1) is 12.7 Å². The maximum Gasteiger partial charge on any atom is 0.349 e. The first kappa shape index (κ1) is 22.0. The van der Waals surface area contributed by atoms with E-state index in [2.05, 4.69) is 0 Å². The van der Waals surface area contributed by atoms with Gasteiger partial charge in [0.2, 0.25) is 0 Å². The molecule has 9 heteroatoms. The molecule has 1 fully saturated rings. The third kappa shape index (κ3) is 7.92. The highest BCUT2D eigenvalue weighted by atomic mass is 16.7. The van der Waals surface area contributed by atoms with Crippen LogP contribution in [0.2, 0.25) is 0 Å². The predicted molar refractivity (Wildman–Crippen MR) is 90.2 cm³/mol. The largest absolute Gasteiger partial charge is 0.463 e. The SMILES string of the molecule is CC(COC(=O)CCC(N)C(=O)ON1C(=O)CCC1=O)OCC(C)(C)C. The van der Waals surface area contributed by atoms with Crippen molar-refractivity contribution in [1.29, 1.82) is 0 Å². The van der Waals surface area contributed by atoms with Crippen LogP contribution in [0.25, 0.3) is 0 Å². The first-order valence-corrected chi connectivity index (χ1v) is 8.60. The van der Waals surface area contributed by atoms with Gasteiger partial charge < -0.3 is 20.0 Å². The number of hydrogen-bond donors (Lipinski definition) is 1. The lowest BCUT2D eigenvalue weighted by atomic mass is 9.99. The number of hydroxylamine groups is 2. The molecule has 148 valence electrons. The molecule has 2 atom stereocenters. The lowest BCUT2D eigenvalue weighted by Gasteiger charge is -2.21. The molecule has 26 heavy (non-hydrogen) atoms. The number of ether oxygens (including phenoxy) is 2. The van der Waals surface area contributed by atoms with Crippen molar-refractivity contribution >= 4 is 23.8 Å². The van der Waals surface area contributed by atoms with Crippen molar-refractivity contribution in [1.82, 2.24) is 5.06 Å². The second kappa shape index (κ2) is 9.63. The van der Waals surface area contributed by atoms with Crippen molar-refractivity contribution < 1.29 is 33.5 Å². The summed E-state index contributed by atoms with van der Waals surface area (Å²) < 4.78 is 10.6. The molecule has 0 spiro atoms. The molecule has 1 rings (SSSR count). The summed E-state index contributed by atoms with van der Waals surface area (Å²) in [7, 11) is 0. The summed E-state index contributed by atoms with van der Waals surface area (Å²) >= 11 is 0. The normalized spacial score (nSPS) is 17.2. The van der Waals surface area contributed by atoms with Crippen LogP contribution in [0.3, 0.4) is 0 Å². The smallest absolute Gasteiger partial charge is 0.349 e. The Morgan fingerprint density at radius 2 is 1.77 bits per heavy atom. The first-order chi connectivity index (χ1) is 12.0. The van der Waals surface area contributed by atoms with E-state index in [1.165, 1.54) is 0 Å². The number of rotatable bonds is 9. The minimum Gasteiger partial charge on any atom is -0.463 e. The van der Waals surface area contributed by atoms with Gasteiger partial charge >= 0.3 is 11.9 Å². The summed E-state index contributed by atoms with van der Waals surface area (Å²) in [6, 6.07) is -1.14. The molecule has 1 saturated heterocycles. The van der Waals surface area contributed by atoms with Crippen LogP contribution in [0.1, 0.15) is 53.4 Å². The molecule has 0 aliphatic carbocycles. The van der Waals surface area contributed by atoms with Crippen molar-refractivity contribution in [2.75, 3.05) is 13.2 Å². The molecule has 0 aromatic rings. The number of esters is 1. The quantitative estimate of drug-likeness (QED) is 0.463. The van der Waals surface area contributed by atoms with E-state index < -0.39 is 29.8 Å². The van der Waals surface area contributed by atoms with Gasteiger partial charge in [-0.1, -0.05) is 20.8 Å². The number of imide groups is 1. The fraction of sp³-hybridized carbons (Fsp3) is 0.765. The minimum atomic E-state index is -1.14. The van der Waals surface area contributed by atoms with Gasteiger partial charge in [-0.15, -0.1) is 5.06 Å². The number of nitrogens with zero attached hydrogens (tertiary/aromatic N) is 1. The van der Waals surface area contributed by atoms with Gasteiger partial charge in [0.1, 0.15) is 12.6 Å². The number of nitrogens with two attached hydrogens (primary N) is 1. The third-order valence-electron chi connectivity index (χ3n) is 3.43. The lowest BCUT2D eigenvalue weighted by molar-refractivity contribution is -0.198. The molecule has 0 bridgehead atoms. The van der Waals surface area contributed by atoms with Gasteiger partial charge in [-0.25, -0.2) is 4.79 Å². The highest BCUT2D eigenvalue weighted by molar-refractivity contribution is 6.01. The molecule has 0 saturated carbocycles. The van der Waals surface area contributed by atoms with E-state index in [1.54, 1.807) is 6.92 Å². The standard InChI is InChI=1S/C17H28N2O7/c1-11(25-10-17(2,3)4)9-24-15(22)8-5-12(18)16(23)26-19-13(20)6-7-14(19)21/h11-12H,5-10,18H2,1-4H3. The topological polar surface area (TPSA) is 125 Å². The van der Waals surface area contributed by atoms with Crippen LogP contribution in [0.5, 0.6) is 0 Å². The molecule has 1 aliphatic rings. The van der Waals surface area contributed by atoms with Crippen LogP contribution < -0.4 is 5.73 Å². The summed E-state index contributed by atoms with van der Waals surface area (Å²) in [6.07, 6.45) is -0.356. The van der Waals surface area contributed by atoms with Gasteiger partial charge in [-0.3, -0.25) is 14.4 Å². The van der Waals surface area contributed by atoms with E-state index in [-0.39, 0.29) is 43.8 Å². The molecule has 2 unspecified atom stereocenters. The van der Waals surface area contributed by atoms with E-state index in [0.29, 0.717) is 11.7 Å². The van der Waals surface area contributed by atoms with Crippen LogP contribution >= 0.6 is 0 Å². The fourth-order valence-electron chi connectivity index (χ4n) is 1.93. The van der Waals surface area contributed by atoms with Crippen LogP contribution in [-0.2, 0) is 33.5 Å². The van der Waals surface area contributed by atoms with Gasteiger partial charge in [0, 0.05) is 19.3 Å². The predicted octanol–water partition coefficient (Wildman–Crippen LogP) is 0.696. The summed E-state index contributed by atoms with van der Waals surface area (Å²) in [4.78, 5) is 50.9. The van der Waals surface area contributed by atoms with Gasteiger partial charge in [-0.2, -0.15) is 0 Å². The summed E-state index contributed by atoms with van der Waals surface area (Å²) in [5.74, 6) is -2.63. The van der Waals surface area contributed by atoms with Crippen LogP contribution in [0.15, 0.2) is 0 Å². The highest BCUT2D eigenvalue weighted by Gasteiger charge is 2.34. The van der Waals surface area contributed by atoms with E-state index in [1.807, 2.05) is 20.8 Å². The Morgan fingerprint density at radius 3 is 2.31 bits per heavy atom. The Balaban J connectivity index is 2.25. The highest BCUT2D eigenvalue weighted by Crippen LogP contribution is 2.15. The molecular formula is C17H28N2O7. The van der Waals surface area contributed by atoms with Gasteiger partial charge in [-0.05, 0) is 18.8 Å². The van der Waals surface area contributed by atoms with E-state index >= 15 is 0 Å². The van der Waals surface area contributed by atoms with E-state index in [4.69, 9.17) is 20.0 Å². The van der Waals surface area contributed by atoms with E-state index in [0.717, 1.165) is 0 Å². The lowest BCUT2D eigenvalue weighted by Crippen LogP contribution is -2.40. The van der Waals surface area contributed by atoms with Crippen molar-refractivity contribution in [3.8, 4) is 0 Å². The average Bonchev–Trinajstić information content (AvgIpc) is 2.87. The average molecular weight is 372 g/mol. The Hall–Kier alpha value is -2.00. The zero-order valence-corrected chi connectivity index (χ0v) is 15.8. The third-order valence-corrected chi connectivity index (χ3v) is 3.43. The summed E-state index contributed by atoms with van der Waals surface area (Å²) in [5, 5.41) is 0.425. The second-order valence-corrected chi connectivity index (χ2v) is 7.50. The monoisotopic (exact) mass is 372 g/mol. The maximum atomic E-state index is 11.8. The van der Waals surface area contributed by atoms with Crippen LogP contribution in [0, 0.1) is 5.41 Å². The molecule has 1 aliphatic heterocycles. The van der Waals surface area contributed by atoms with Crippen molar-refractivity contribution in [2.45, 2.75) is 65.5 Å². The number of hydrogen-bond acceptors (Lipinski definition) is 8. The van der Waals surface area contributed by atoms with Crippen molar-refractivity contribution in [2.24, 2.45) is 11.1 Å². The Labute approximate surface area is 153 Å². The molecule has 9 nitrogen and oxygen atoms in total. The Morgan fingerprint density at radius 1 is 1.19 bits per heavy atom. The molecular weight excluding hydrogens is 344 g/mol. The summed E-state index contributed by atoms with van der Waals surface area (Å²) in [5.41, 5.74) is 5.65. The Kier molecular flexibility index (Phi) is 8.16. The van der Waals surface area contributed by atoms with E-state index in [9.17, 15) is 19.2 Å². The number of amides is 2. The molecule has 0 aromatic carbocycles. The zero-order valence-electron chi connectivity index (χ0n) is 15.8. The van der Waals surface area contributed by atoms with Crippen LogP contribution in [0.4, 0.5) is 0 Å². The molecule has 0 aromatic heterocycles. The Bertz CT molecular complexity index is 526. The molecule has 1 heterocycles. The van der Waals surface area contributed by atoms with Crippen molar-refractivity contribution in [3.63, 3.8) is 0 Å². The molecule has 2 amide bonds. The molecule has 2 N–H and O–H groups in total. The maximum absolute atomic E-state index is 11.8. The van der Waals surface area contributed by atoms with Gasteiger partial charge in [0.15, 0.2) is 0 Å². The number of carbonyl (C=O) groups excluding carboxylic acids is 4. The van der Waals surface area contributed by atoms with Crippen LogP contribution in [-0.4, -0.2) is 54.2 Å². The first-order valence-electron chi connectivity index (χ1n) is 8.60. The minimum absolute atomic E-state index is 0.00312. The second-order valence-electron chi connectivity index (χ2n) is 7.50. The zero-order chi connectivity index (χ0) is 19.9. The molecule has 0 radical (unpaired) electrons. The summed E-state index contributed by atoms with van der Waals surface area (Å²) in [6.45, 7) is 8.55. The number of carbonyl (C=O) groups is 4. The van der Waals surface area contributed by atoms with Crippen molar-refractivity contribution in [3.05, 3.63) is 0 Å². The van der Waals surface area contributed by atoms with Gasteiger partial charge in [0.25, 0.3) is 11.8 Å². The fourth-order valence-corrected chi connectivity index (χ4v) is 1.93.